The third kappa shape index (κ3) is 6.73. The molecular weight excluding hydrogens is 456 g/mol. The van der Waals surface area contributed by atoms with Crippen molar-refractivity contribution < 1.29 is 22.8 Å². The molecule has 0 saturated carbocycles. The quantitative estimate of drug-likeness (QED) is 0.294. The van der Waals surface area contributed by atoms with Crippen LogP contribution in [0, 0.1) is 5.82 Å². The van der Waals surface area contributed by atoms with Crippen LogP contribution in [0.4, 0.5) is 4.39 Å². The number of nitrogens with one attached hydrogen (secondary N) is 1. The highest BCUT2D eigenvalue weighted by molar-refractivity contribution is 7.53. The summed E-state index contributed by atoms with van der Waals surface area (Å²) in [6, 6.07) is 13.5. The van der Waals surface area contributed by atoms with Crippen LogP contribution in [0.5, 0.6) is 0 Å². The fourth-order valence-corrected chi connectivity index (χ4v) is 5.33. The van der Waals surface area contributed by atoms with Crippen molar-refractivity contribution in [1.29, 1.82) is 0 Å². The van der Waals surface area contributed by atoms with E-state index in [1.165, 1.54) is 18.2 Å². The number of aryl methyl sites for hydroxylation is 1. The number of hydrogen-bond acceptors (Lipinski definition) is 5. The van der Waals surface area contributed by atoms with E-state index in [9.17, 15) is 13.8 Å². The number of halogens is 1. The van der Waals surface area contributed by atoms with E-state index in [4.69, 9.17) is 9.05 Å². The molecule has 3 rings (SSSR count). The Labute approximate surface area is 199 Å². The standard InChI is InChI=1S/C25H29FN3O4P/c1-4-32-34(31,33-5-2)18-22-9-7-6-8-20(22)16-27-24(30)15-12-21-17-28-29(3)25(21)19-10-13-23(26)14-11-19/h6-15,17H,4-5,16,18H2,1-3H3,(H,27,30). The molecule has 34 heavy (non-hydrogen) atoms. The Morgan fingerprint density at radius 2 is 1.74 bits per heavy atom. The van der Waals surface area contributed by atoms with Gasteiger partial charge in [-0.05, 0) is 55.3 Å². The topological polar surface area (TPSA) is 82.5 Å². The highest BCUT2D eigenvalue weighted by Crippen LogP contribution is 2.51. The summed E-state index contributed by atoms with van der Waals surface area (Å²) in [7, 11) is -1.48. The zero-order valence-electron chi connectivity index (χ0n) is 19.5. The highest BCUT2D eigenvalue weighted by atomic mass is 31.2. The van der Waals surface area contributed by atoms with E-state index in [0.29, 0.717) is 0 Å². The summed E-state index contributed by atoms with van der Waals surface area (Å²) in [5.74, 6) is -0.608. The molecule has 180 valence electrons. The van der Waals surface area contributed by atoms with E-state index in [1.807, 2.05) is 24.3 Å². The summed E-state index contributed by atoms with van der Waals surface area (Å²) < 4.78 is 38.7. The van der Waals surface area contributed by atoms with Crippen LogP contribution >= 0.6 is 7.60 Å². The molecule has 0 spiro atoms. The third-order valence-electron chi connectivity index (χ3n) is 5.09. The van der Waals surface area contributed by atoms with Crippen LogP contribution in [0.3, 0.4) is 0 Å². The molecule has 0 unspecified atom stereocenters. The van der Waals surface area contributed by atoms with Crippen LogP contribution in [0.25, 0.3) is 17.3 Å². The second-order valence-electron chi connectivity index (χ2n) is 7.50. The molecule has 0 bridgehead atoms. The molecule has 2 aromatic carbocycles. The molecular formula is C25H29FN3O4P. The molecule has 0 aliphatic carbocycles. The zero-order chi connectivity index (χ0) is 24.6. The molecule has 0 aliphatic rings. The maximum atomic E-state index is 13.3. The van der Waals surface area contributed by atoms with Crippen molar-refractivity contribution in [3.63, 3.8) is 0 Å². The van der Waals surface area contributed by atoms with Crippen molar-refractivity contribution in [1.82, 2.24) is 15.1 Å². The molecule has 0 fully saturated rings. The van der Waals surface area contributed by atoms with Gasteiger partial charge in [0.2, 0.25) is 5.91 Å². The summed E-state index contributed by atoms with van der Waals surface area (Å²) in [4.78, 5) is 12.5. The molecule has 1 N–H and O–H groups in total. The Bertz CT molecular complexity index is 1180. The normalized spacial score (nSPS) is 11.8. The lowest BCUT2D eigenvalue weighted by molar-refractivity contribution is -0.116. The number of hydrogen-bond donors (Lipinski definition) is 1. The molecule has 7 nitrogen and oxygen atoms in total. The van der Waals surface area contributed by atoms with E-state index in [1.54, 1.807) is 50.0 Å². The van der Waals surface area contributed by atoms with Gasteiger partial charge in [0.1, 0.15) is 5.82 Å². The predicted octanol–water partition coefficient (Wildman–Crippen LogP) is 5.32. The van der Waals surface area contributed by atoms with Crippen LogP contribution < -0.4 is 5.32 Å². The lowest BCUT2D eigenvalue weighted by Gasteiger charge is -2.18. The smallest absolute Gasteiger partial charge is 0.335 e. The van der Waals surface area contributed by atoms with Crippen molar-refractivity contribution in [2.45, 2.75) is 26.6 Å². The van der Waals surface area contributed by atoms with Crippen molar-refractivity contribution in [2.24, 2.45) is 7.05 Å². The zero-order valence-corrected chi connectivity index (χ0v) is 20.4. The Morgan fingerprint density at radius 3 is 2.38 bits per heavy atom. The van der Waals surface area contributed by atoms with Crippen molar-refractivity contribution >= 4 is 19.6 Å². The Hall–Kier alpha value is -3.06. The minimum atomic E-state index is -3.26. The van der Waals surface area contributed by atoms with Gasteiger partial charge < -0.3 is 14.4 Å². The van der Waals surface area contributed by atoms with Crippen molar-refractivity contribution in [2.75, 3.05) is 13.2 Å². The summed E-state index contributed by atoms with van der Waals surface area (Å²) in [6.07, 6.45) is 4.88. The van der Waals surface area contributed by atoms with E-state index < -0.39 is 7.60 Å². The minimum Gasteiger partial charge on any atom is -0.348 e. The summed E-state index contributed by atoms with van der Waals surface area (Å²) in [5.41, 5.74) is 3.93. The van der Waals surface area contributed by atoms with Crippen LogP contribution in [0.2, 0.25) is 0 Å². The van der Waals surface area contributed by atoms with E-state index >= 15 is 0 Å². The minimum absolute atomic E-state index is 0.132. The molecule has 1 amide bonds. The van der Waals surface area contributed by atoms with E-state index in [-0.39, 0.29) is 37.6 Å². The monoisotopic (exact) mass is 485 g/mol. The van der Waals surface area contributed by atoms with Gasteiger partial charge in [0.15, 0.2) is 0 Å². The first kappa shape index (κ1) is 25.6. The van der Waals surface area contributed by atoms with Gasteiger partial charge in [0, 0.05) is 30.8 Å². The second kappa shape index (κ2) is 11.9. The first-order valence-corrected chi connectivity index (χ1v) is 12.8. The Balaban J connectivity index is 1.69. The second-order valence-corrected chi connectivity index (χ2v) is 9.56. The lowest BCUT2D eigenvalue weighted by Crippen LogP contribution is -2.21. The van der Waals surface area contributed by atoms with Gasteiger partial charge in [-0.25, -0.2) is 4.39 Å². The average molecular weight is 485 g/mol. The molecule has 0 aliphatic heterocycles. The Morgan fingerprint density at radius 1 is 1.09 bits per heavy atom. The number of nitrogens with zero attached hydrogens (tertiary/aromatic N) is 2. The average Bonchev–Trinajstić information content (AvgIpc) is 3.18. The molecule has 1 aromatic heterocycles. The number of rotatable bonds is 11. The van der Waals surface area contributed by atoms with Gasteiger partial charge in [-0.15, -0.1) is 0 Å². The molecule has 1 heterocycles. The summed E-state index contributed by atoms with van der Waals surface area (Å²) in [6.45, 7) is 4.38. The Kier molecular flexibility index (Phi) is 8.93. The lowest BCUT2D eigenvalue weighted by atomic mass is 10.1. The van der Waals surface area contributed by atoms with Crippen LogP contribution in [0.1, 0.15) is 30.5 Å². The highest BCUT2D eigenvalue weighted by Gasteiger charge is 2.25. The number of amides is 1. The van der Waals surface area contributed by atoms with Gasteiger partial charge in [-0.1, -0.05) is 24.3 Å². The number of aromatic nitrogens is 2. The van der Waals surface area contributed by atoms with Crippen LogP contribution in [-0.2, 0) is 38.2 Å². The van der Waals surface area contributed by atoms with E-state index in [0.717, 1.165) is 27.9 Å². The number of carbonyl (C=O) groups excluding carboxylic acids is 1. The number of carbonyl (C=O) groups is 1. The van der Waals surface area contributed by atoms with Gasteiger partial charge in [0.05, 0.1) is 31.3 Å². The summed E-state index contributed by atoms with van der Waals surface area (Å²) >= 11 is 0. The van der Waals surface area contributed by atoms with Crippen LogP contribution in [0.15, 0.2) is 60.8 Å². The van der Waals surface area contributed by atoms with Crippen molar-refractivity contribution in [3.05, 3.63) is 83.3 Å². The van der Waals surface area contributed by atoms with Gasteiger partial charge in [-0.3, -0.25) is 14.0 Å². The first-order chi connectivity index (χ1) is 16.3. The molecule has 0 radical (unpaired) electrons. The summed E-state index contributed by atoms with van der Waals surface area (Å²) in [5, 5.41) is 7.11. The van der Waals surface area contributed by atoms with Crippen LogP contribution in [-0.4, -0.2) is 28.9 Å². The largest absolute Gasteiger partial charge is 0.348 e. The van der Waals surface area contributed by atoms with E-state index in [2.05, 4.69) is 10.4 Å². The molecule has 9 heteroatoms. The first-order valence-electron chi connectivity index (χ1n) is 11.0. The maximum Gasteiger partial charge on any atom is 0.335 e. The molecule has 0 saturated heterocycles. The maximum absolute atomic E-state index is 13.3. The predicted molar refractivity (Wildman–Crippen MR) is 130 cm³/mol. The van der Waals surface area contributed by atoms with Gasteiger partial charge >= 0.3 is 7.60 Å². The van der Waals surface area contributed by atoms with Gasteiger partial charge in [-0.2, -0.15) is 5.10 Å². The third-order valence-corrected chi connectivity index (χ3v) is 7.12. The number of benzene rings is 2. The fraction of sp³-hybridized carbons (Fsp3) is 0.280. The van der Waals surface area contributed by atoms with Gasteiger partial charge in [0.25, 0.3) is 0 Å². The SMILES string of the molecule is CCOP(=O)(Cc1ccccc1CNC(=O)C=Cc1cnn(C)c1-c1ccc(F)cc1)OCC. The molecule has 0 atom stereocenters. The van der Waals surface area contributed by atoms with Crippen molar-refractivity contribution in [3.8, 4) is 11.3 Å². The molecule has 3 aromatic rings. The fourth-order valence-electron chi connectivity index (χ4n) is 3.56.